The predicted molar refractivity (Wildman–Crippen MR) is 122 cm³/mol. The summed E-state index contributed by atoms with van der Waals surface area (Å²) in [4.78, 5) is 38.0. The van der Waals surface area contributed by atoms with E-state index in [2.05, 4.69) is 10.6 Å². The highest BCUT2D eigenvalue weighted by molar-refractivity contribution is 6.09. The smallest absolute Gasteiger partial charge is 0.291 e. The van der Waals surface area contributed by atoms with E-state index < -0.39 is 10.8 Å². The highest BCUT2D eigenvalue weighted by Crippen LogP contribution is 2.28. The van der Waals surface area contributed by atoms with Crippen LogP contribution in [-0.4, -0.2) is 43.0 Å². The number of carbonyl (C=O) groups is 2. The topological polar surface area (TPSA) is 127 Å². The zero-order chi connectivity index (χ0) is 23.4. The van der Waals surface area contributed by atoms with Crippen LogP contribution in [0.25, 0.3) is 0 Å². The summed E-state index contributed by atoms with van der Waals surface area (Å²) in [5.41, 5.74) is 2.44. The first-order valence-electron chi connectivity index (χ1n) is 10.3. The van der Waals surface area contributed by atoms with Crippen molar-refractivity contribution in [1.82, 2.24) is 0 Å². The van der Waals surface area contributed by atoms with Crippen LogP contribution < -0.4 is 15.5 Å². The molecule has 1 aliphatic heterocycles. The summed E-state index contributed by atoms with van der Waals surface area (Å²) in [6.07, 6.45) is 1.42. The standard InChI is InChI=1S/C23H22N4O6/c1-15-13-16(4-6-19(15)25-23(29)21-3-2-10-33-21)24-22(28)18-14-17(27(30)31)5-7-20(18)26-8-11-32-12-9-26/h2-7,10,13-14H,8-9,11-12H2,1H3,(H,24,28)(H,25,29). The molecule has 2 heterocycles. The van der Waals surface area contributed by atoms with Gasteiger partial charge in [-0.15, -0.1) is 0 Å². The Kier molecular flexibility index (Phi) is 6.36. The molecule has 2 aromatic carbocycles. The highest BCUT2D eigenvalue weighted by Gasteiger charge is 2.22. The second-order valence-corrected chi connectivity index (χ2v) is 7.47. The molecule has 10 nitrogen and oxygen atoms in total. The van der Waals surface area contributed by atoms with E-state index >= 15 is 0 Å². The summed E-state index contributed by atoms with van der Waals surface area (Å²) in [6.45, 7) is 3.99. The fourth-order valence-corrected chi connectivity index (χ4v) is 3.57. The van der Waals surface area contributed by atoms with Crippen molar-refractivity contribution in [2.24, 2.45) is 0 Å². The maximum absolute atomic E-state index is 13.1. The Labute approximate surface area is 189 Å². The molecule has 0 saturated carbocycles. The predicted octanol–water partition coefficient (Wildman–Crippen LogP) is 3.84. The molecule has 0 spiro atoms. The third-order valence-electron chi connectivity index (χ3n) is 5.26. The van der Waals surface area contributed by atoms with Gasteiger partial charge in [0.05, 0.1) is 35.7 Å². The van der Waals surface area contributed by atoms with Crippen LogP contribution in [0.2, 0.25) is 0 Å². The van der Waals surface area contributed by atoms with Gasteiger partial charge in [-0.3, -0.25) is 19.7 Å². The maximum Gasteiger partial charge on any atom is 0.291 e. The average molecular weight is 450 g/mol. The second kappa shape index (κ2) is 9.53. The number of nitrogens with zero attached hydrogens (tertiary/aromatic N) is 2. The van der Waals surface area contributed by atoms with Gasteiger partial charge in [-0.05, 0) is 48.9 Å². The van der Waals surface area contributed by atoms with Gasteiger partial charge in [0, 0.05) is 36.6 Å². The van der Waals surface area contributed by atoms with Crippen LogP contribution in [0.4, 0.5) is 22.7 Å². The van der Waals surface area contributed by atoms with Crippen molar-refractivity contribution < 1.29 is 23.7 Å². The first-order chi connectivity index (χ1) is 15.9. The molecular weight excluding hydrogens is 428 g/mol. The van der Waals surface area contributed by atoms with E-state index in [4.69, 9.17) is 9.15 Å². The minimum Gasteiger partial charge on any atom is -0.459 e. The molecule has 170 valence electrons. The number of morpholine rings is 1. The number of carbonyl (C=O) groups excluding carboxylic acids is 2. The van der Waals surface area contributed by atoms with E-state index in [0.29, 0.717) is 43.4 Å². The molecular formula is C23H22N4O6. The number of benzene rings is 2. The fraction of sp³-hybridized carbons (Fsp3) is 0.217. The summed E-state index contributed by atoms with van der Waals surface area (Å²) in [6, 6.07) is 12.5. The van der Waals surface area contributed by atoms with Crippen molar-refractivity contribution in [3.05, 3.63) is 81.8 Å². The molecule has 0 bridgehead atoms. The Morgan fingerprint density at radius 2 is 1.82 bits per heavy atom. The number of nitro benzene ring substituents is 1. The Morgan fingerprint density at radius 1 is 1.03 bits per heavy atom. The summed E-state index contributed by atoms with van der Waals surface area (Å²) < 4.78 is 10.5. The Hall–Kier alpha value is -4.18. The number of nitrogens with one attached hydrogen (secondary N) is 2. The van der Waals surface area contributed by atoms with Crippen molar-refractivity contribution in [2.45, 2.75) is 6.92 Å². The lowest BCUT2D eigenvalue weighted by molar-refractivity contribution is -0.384. The zero-order valence-corrected chi connectivity index (χ0v) is 17.9. The number of hydrogen-bond acceptors (Lipinski definition) is 7. The maximum atomic E-state index is 13.1. The summed E-state index contributed by atoms with van der Waals surface area (Å²) in [5.74, 6) is -0.660. The molecule has 1 aromatic heterocycles. The monoisotopic (exact) mass is 450 g/mol. The molecule has 4 rings (SSSR count). The summed E-state index contributed by atoms with van der Waals surface area (Å²) in [5, 5.41) is 16.8. The third kappa shape index (κ3) is 5.01. The fourth-order valence-electron chi connectivity index (χ4n) is 3.57. The largest absolute Gasteiger partial charge is 0.459 e. The van der Waals surface area contributed by atoms with E-state index in [9.17, 15) is 19.7 Å². The molecule has 3 aromatic rings. The SMILES string of the molecule is Cc1cc(NC(=O)c2cc([N+](=O)[O-])ccc2N2CCOCC2)ccc1NC(=O)c1ccco1. The van der Waals surface area contributed by atoms with E-state index in [1.165, 1.54) is 18.4 Å². The Balaban J connectivity index is 1.55. The second-order valence-electron chi connectivity index (χ2n) is 7.47. The average Bonchev–Trinajstić information content (AvgIpc) is 3.36. The Bertz CT molecular complexity index is 1190. The minimum atomic E-state index is -0.527. The lowest BCUT2D eigenvalue weighted by atomic mass is 10.1. The number of non-ortho nitro benzene ring substituents is 1. The van der Waals surface area contributed by atoms with Crippen LogP contribution in [0.5, 0.6) is 0 Å². The van der Waals surface area contributed by atoms with Crippen molar-refractivity contribution >= 4 is 34.6 Å². The van der Waals surface area contributed by atoms with Crippen LogP contribution in [0.1, 0.15) is 26.5 Å². The number of hydrogen-bond donors (Lipinski definition) is 2. The third-order valence-corrected chi connectivity index (χ3v) is 5.26. The van der Waals surface area contributed by atoms with Crippen LogP contribution >= 0.6 is 0 Å². The van der Waals surface area contributed by atoms with E-state index in [1.807, 2.05) is 4.90 Å². The number of rotatable bonds is 6. The summed E-state index contributed by atoms with van der Waals surface area (Å²) >= 11 is 0. The molecule has 0 atom stereocenters. The first-order valence-corrected chi connectivity index (χ1v) is 10.3. The molecule has 2 amide bonds. The summed E-state index contributed by atoms with van der Waals surface area (Å²) in [7, 11) is 0. The molecule has 10 heteroatoms. The van der Waals surface area contributed by atoms with Crippen LogP contribution in [0.15, 0.2) is 59.2 Å². The van der Waals surface area contributed by atoms with Gasteiger partial charge in [0.15, 0.2) is 5.76 Å². The van der Waals surface area contributed by atoms with Gasteiger partial charge < -0.3 is 24.7 Å². The van der Waals surface area contributed by atoms with Crippen molar-refractivity contribution in [3.8, 4) is 0 Å². The van der Waals surface area contributed by atoms with Crippen molar-refractivity contribution in [3.63, 3.8) is 0 Å². The number of ether oxygens (including phenoxy) is 1. The van der Waals surface area contributed by atoms with Crippen molar-refractivity contribution in [1.29, 1.82) is 0 Å². The normalized spacial score (nSPS) is 13.4. The molecule has 0 radical (unpaired) electrons. The quantitative estimate of drug-likeness (QED) is 0.431. The van der Waals surface area contributed by atoms with E-state index in [1.54, 1.807) is 43.3 Å². The van der Waals surface area contributed by atoms with Gasteiger partial charge in [-0.2, -0.15) is 0 Å². The number of nitro groups is 1. The minimum absolute atomic E-state index is 0.163. The number of aryl methyl sites for hydroxylation is 1. The van der Waals surface area contributed by atoms with E-state index in [-0.39, 0.29) is 22.9 Å². The van der Waals surface area contributed by atoms with Gasteiger partial charge in [-0.25, -0.2) is 0 Å². The van der Waals surface area contributed by atoms with Crippen molar-refractivity contribution in [2.75, 3.05) is 41.8 Å². The Morgan fingerprint density at radius 3 is 2.48 bits per heavy atom. The molecule has 0 unspecified atom stereocenters. The lowest BCUT2D eigenvalue weighted by Gasteiger charge is -2.30. The molecule has 2 N–H and O–H groups in total. The molecule has 1 aliphatic rings. The molecule has 1 saturated heterocycles. The number of anilines is 3. The van der Waals surface area contributed by atoms with Crippen LogP contribution in [0, 0.1) is 17.0 Å². The number of furan rings is 1. The zero-order valence-electron chi connectivity index (χ0n) is 17.9. The molecule has 1 fully saturated rings. The first kappa shape index (κ1) is 22.0. The highest BCUT2D eigenvalue weighted by atomic mass is 16.6. The molecule has 33 heavy (non-hydrogen) atoms. The lowest BCUT2D eigenvalue weighted by Crippen LogP contribution is -2.37. The number of amides is 2. The van der Waals surface area contributed by atoms with Gasteiger partial charge in [0.2, 0.25) is 0 Å². The van der Waals surface area contributed by atoms with Gasteiger partial charge >= 0.3 is 0 Å². The van der Waals surface area contributed by atoms with Crippen LogP contribution in [-0.2, 0) is 4.74 Å². The van der Waals surface area contributed by atoms with Gasteiger partial charge in [0.1, 0.15) is 0 Å². The van der Waals surface area contributed by atoms with E-state index in [0.717, 1.165) is 5.56 Å². The van der Waals surface area contributed by atoms with Gasteiger partial charge in [-0.1, -0.05) is 0 Å². The molecule has 0 aliphatic carbocycles. The van der Waals surface area contributed by atoms with Crippen LogP contribution in [0.3, 0.4) is 0 Å². The van der Waals surface area contributed by atoms with Gasteiger partial charge in [0.25, 0.3) is 17.5 Å².